The highest BCUT2D eigenvalue weighted by atomic mass is 16.1. The maximum absolute atomic E-state index is 13.3. The summed E-state index contributed by atoms with van der Waals surface area (Å²) < 4.78 is 3.50. The van der Waals surface area contributed by atoms with Crippen LogP contribution in [0.1, 0.15) is 56.2 Å². The number of hydrogen-bond donors (Lipinski definition) is 1. The number of fused-ring (bicyclic) bond motifs is 3. The summed E-state index contributed by atoms with van der Waals surface area (Å²) in [7, 11) is 0. The van der Waals surface area contributed by atoms with Gasteiger partial charge in [0, 0.05) is 18.4 Å². The summed E-state index contributed by atoms with van der Waals surface area (Å²) in [6.45, 7) is 2.53. The van der Waals surface area contributed by atoms with Gasteiger partial charge in [0.25, 0.3) is 5.56 Å². The summed E-state index contributed by atoms with van der Waals surface area (Å²) in [4.78, 5) is 26.6. The molecule has 8 rings (SSSR count). The van der Waals surface area contributed by atoms with E-state index in [-0.39, 0.29) is 11.0 Å². The number of rotatable bonds is 4. The molecule has 1 N–H and O–H groups in total. The van der Waals surface area contributed by atoms with Gasteiger partial charge in [0.1, 0.15) is 5.82 Å². The van der Waals surface area contributed by atoms with Gasteiger partial charge in [0.2, 0.25) is 5.78 Å². The minimum Gasteiger partial charge on any atom is -0.336 e. The summed E-state index contributed by atoms with van der Waals surface area (Å²) in [6.07, 6.45) is 7.11. The molecule has 158 valence electrons. The second-order valence-corrected chi connectivity index (χ2v) is 9.94. The van der Waals surface area contributed by atoms with Gasteiger partial charge in [-0.25, -0.2) is 4.98 Å². The highest BCUT2D eigenvalue weighted by Crippen LogP contribution is 2.65. The minimum atomic E-state index is -0.0449. The SMILES string of the molecule is CCn1c(=O)c2[nH]c(C34CC5CC(CC3C5)C4)nc2n2nc(Cc3ccccc3)nc12. The first kappa shape index (κ1) is 17.7. The lowest BCUT2D eigenvalue weighted by Crippen LogP contribution is -2.29. The van der Waals surface area contributed by atoms with Gasteiger partial charge in [-0.05, 0) is 62.3 Å². The van der Waals surface area contributed by atoms with Crippen molar-refractivity contribution in [2.24, 2.45) is 17.8 Å². The maximum Gasteiger partial charge on any atom is 0.281 e. The van der Waals surface area contributed by atoms with Crippen molar-refractivity contribution in [3.8, 4) is 0 Å². The van der Waals surface area contributed by atoms with Gasteiger partial charge in [-0.15, -0.1) is 5.10 Å². The van der Waals surface area contributed by atoms with Crippen LogP contribution in [0.15, 0.2) is 35.1 Å². The fourth-order valence-electron chi connectivity index (χ4n) is 7.11. The van der Waals surface area contributed by atoms with E-state index in [1.54, 1.807) is 9.08 Å². The number of H-pyrrole nitrogens is 1. The monoisotopic (exact) mass is 414 g/mol. The molecule has 31 heavy (non-hydrogen) atoms. The standard InChI is InChI=1S/C24H26N6O/c1-2-29-21(31)19-20(30-23(29)25-18(28-30)11-14-6-4-3-5-7-14)27-22(26-19)24-12-15-8-16(13-24)10-17(24)9-15/h3-7,15-17H,2,8-13H2,1H3,(H,26,27). The van der Waals surface area contributed by atoms with Gasteiger partial charge in [-0.3, -0.25) is 9.36 Å². The van der Waals surface area contributed by atoms with Crippen molar-refractivity contribution in [1.82, 2.24) is 29.1 Å². The lowest BCUT2D eigenvalue weighted by Gasteiger charge is -2.30. The van der Waals surface area contributed by atoms with Crippen LogP contribution in [0.4, 0.5) is 0 Å². The van der Waals surface area contributed by atoms with Crippen LogP contribution < -0.4 is 5.56 Å². The first-order valence-electron chi connectivity index (χ1n) is 11.6. The second-order valence-electron chi connectivity index (χ2n) is 9.94. The van der Waals surface area contributed by atoms with Crippen LogP contribution in [-0.2, 0) is 18.4 Å². The van der Waals surface area contributed by atoms with E-state index < -0.39 is 0 Å². The van der Waals surface area contributed by atoms with Gasteiger partial charge in [-0.1, -0.05) is 30.3 Å². The van der Waals surface area contributed by atoms with E-state index in [0.29, 0.717) is 41.6 Å². The van der Waals surface area contributed by atoms with E-state index in [1.807, 2.05) is 25.1 Å². The van der Waals surface area contributed by atoms with Gasteiger partial charge >= 0.3 is 0 Å². The quantitative estimate of drug-likeness (QED) is 0.555. The van der Waals surface area contributed by atoms with E-state index in [0.717, 1.165) is 23.2 Å². The van der Waals surface area contributed by atoms with Crippen molar-refractivity contribution < 1.29 is 0 Å². The van der Waals surface area contributed by atoms with Crippen LogP contribution in [0.5, 0.6) is 0 Å². The highest BCUT2D eigenvalue weighted by molar-refractivity contribution is 5.73. The number of hydrogen-bond acceptors (Lipinski definition) is 4. The molecule has 4 aliphatic rings. The number of aryl methyl sites for hydroxylation is 1. The number of nitrogens with zero attached hydrogens (tertiary/aromatic N) is 5. The lowest BCUT2D eigenvalue weighted by molar-refractivity contribution is 0.262. The zero-order chi connectivity index (χ0) is 20.7. The summed E-state index contributed by atoms with van der Waals surface area (Å²) in [5.74, 6) is 4.70. The molecule has 4 saturated carbocycles. The molecule has 3 heterocycles. The molecule has 0 radical (unpaired) electrons. The van der Waals surface area contributed by atoms with Crippen LogP contribution in [0.3, 0.4) is 0 Å². The molecule has 0 saturated heterocycles. The fraction of sp³-hybridized carbons (Fsp3) is 0.500. The van der Waals surface area contributed by atoms with E-state index in [4.69, 9.17) is 15.1 Å². The van der Waals surface area contributed by atoms with Crippen molar-refractivity contribution in [3.05, 3.63) is 57.9 Å². The molecule has 4 bridgehead atoms. The molecular weight excluding hydrogens is 388 g/mol. The number of aromatic nitrogens is 6. The van der Waals surface area contributed by atoms with E-state index in [9.17, 15) is 4.79 Å². The minimum absolute atomic E-state index is 0.0449. The van der Waals surface area contributed by atoms with Gasteiger partial charge in [0.15, 0.2) is 17.0 Å². The number of benzene rings is 1. The molecule has 1 aromatic carbocycles. The van der Waals surface area contributed by atoms with Crippen LogP contribution in [0.2, 0.25) is 0 Å². The topological polar surface area (TPSA) is 80.9 Å². The lowest BCUT2D eigenvalue weighted by atomic mass is 9.75. The summed E-state index contributed by atoms with van der Waals surface area (Å²) >= 11 is 0. The van der Waals surface area contributed by atoms with Crippen molar-refractivity contribution in [1.29, 1.82) is 0 Å². The molecule has 7 heteroatoms. The Balaban J connectivity index is 1.42. The molecule has 2 atom stereocenters. The predicted octanol–water partition coefficient (Wildman–Crippen LogP) is 3.46. The zero-order valence-electron chi connectivity index (χ0n) is 17.7. The normalized spacial score (nSPS) is 29.0. The number of imidazole rings is 1. The van der Waals surface area contributed by atoms with Crippen molar-refractivity contribution in [2.45, 2.75) is 57.4 Å². The van der Waals surface area contributed by atoms with E-state index in [1.165, 1.54) is 32.1 Å². The third-order valence-corrected chi connectivity index (χ3v) is 8.20. The third-order valence-electron chi connectivity index (χ3n) is 8.20. The Morgan fingerprint density at radius 3 is 2.61 bits per heavy atom. The fourth-order valence-corrected chi connectivity index (χ4v) is 7.11. The Kier molecular flexibility index (Phi) is 3.45. The molecule has 0 aliphatic heterocycles. The molecule has 7 nitrogen and oxygen atoms in total. The largest absolute Gasteiger partial charge is 0.336 e. The first-order chi connectivity index (χ1) is 15.1. The molecule has 2 unspecified atom stereocenters. The summed E-state index contributed by atoms with van der Waals surface area (Å²) in [6, 6.07) is 10.2. The molecular formula is C24H26N6O. The Labute approximate surface area is 179 Å². The molecule has 4 aromatic rings. The smallest absolute Gasteiger partial charge is 0.281 e. The van der Waals surface area contributed by atoms with Gasteiger partial charge in [-0.2, -0.15) is 9.50 Å². The Morgan fingerprint density at radius 2 is 1.87 bits per heavy atom. The Bertz CT molecular complexity index is 1370. The summed E-state index contributed by atoms with van der Waals surface area (Å²) in [5, 5.41) is 4.80. The van der Waals surface area contributed by atoms with E-state index >= 15 is 0 Å². The van der Waals surface area contributed by atoms with Gasteiger partial charge < -0.3 is 4.98 Å². The second kappa shape index (κ2) is 6.05. The molecule has 4 fully saturated rings. The molecule has 4 aliphatic carbocycles. The molecule has 3 aromatic heterocycles. The molecule has 0 amide bonds. The third kappa shape index (κ3) is 2.34. The van der Waals surface area contributed by atoms with Crippen molar-refractivity contribution in [2.75, 3.05) is 0 Å². The average molecular weight is 415 g/mol. The van der Waals surface area contributed by atoms with Crippen LogP contribution in [-0.4, -0.2) is 29.1 Å². The Hall–Kier alpha value is -2.96. The number of nitrogens with one attached hydrogen (secondary N) is 1. The van der Waals surface area contributed by atoms with Gasteiger partial charge in [0.05, 0.1) is 0 Å². The van der Waals surface area contributed by atoms with Crippen molar-refractivity contribution in [3.63, 3.8) is 0 Å². The summed E-state index contributed by atoms with van der Waals surface area (Å²) in [5.41, 5.74) is 2.45. The highest BCUT2D eigenvalue weighted by Gasteiger charge is 2.59. The molecule has 0 spiro atoms. The maximum atomic E-state index is 13.3. The van der Waals surface area contributed by atoms with Crippen molar-refractivity contribution >= 4 is 16.9 Å². The first-order valence-corrected chi connectivity index (χ1v) is 11.6. The average Bonchev–Trinajstić information content (AvgIpc) is 3.49. The zero-order valence-corrected chi connectivity index (χ0v) is 17.7. The van der Waals surface area contributed by atoms with Crippen LogP contribution in [0.25, 0.3) is 16.9 Å². The van der Waals surface area contributed by atoms with E-state index in [2.05, 4.69) is 17.1 Å². The number of aromatic amines is 1. The Morgan fingerprint density at radius 1 is 1.10 bits per heavy atom. The predicted molar refractivity (Wildman–Crippen MR) is 117 cm³/mol. The van der Waals surface area contributed by atoms with Crippen LogP contribution >= 0.6 is 0 Å². The van der Waals surface area contributed by atoms with Crippen LogP contribution in [0, 0.1) is 17.8 Å².